The highest BCUT2D eigenvalue weighted by atomic mass is 35.5. The molecule has 0 aliphatic carbocycles. The molecule has 1 aliphatic heterocycles. The second-order valence-corrected chi connectivity index (χ2v) is 5.76. The summed E-state index contributed by atoms with van der Waals surface area (Å²) in [6.07, 6.45) is 0.533. The lowest BCUT2D eigenvalue weighted by Gasteiger charge is -2.16. The van der Waals surface area contributed by atoms with Crippen molar-refractivity contribution in [2.45, 2.75) is 13.0 Å². The SMILES string of the molecule is O=C(O)c1nn(-c2c(Cl)cc(Cl)cc2Cl)c2c1COCC2. The molecule has 2 aromatic rings. The van der Waals surface area contributed by atoms with Gasteiger partial charge in [-0.2, -0.15) is 5.10 Å². The number of nitrogens with zero attached hydrogens (tertiary/aromatic N) is 2. The fraction of sp³-hybridized carbons (Fsp3) is 0.231. The summed E-state index contributed by atoms with van der Waals surface area (Å²) in [4.78, 5) is 11.3. The second-order valence-electron chi connectivity index (χ2n) is 4.51. The molecule has 0 fully saturated rings. The molecule has 0 radical (unpaired) electrons. The van der Waals surface area contributed by atoms with E-state index < -0.39 is 5.97 Å². The van der Waals surface area contributed by atoms with Gasteiger partial charge in [0.2, 0.25) is 0 Å². The lowest BCUT2D eigenvalue weighted by molar-refractivity contribution is 0.0677. The highest BCUT2D eigenvalue weighted by Crippen LogP contribution is 2.34. The van der Waals surface area contributed by atoms with Gasteiger partial charge in [-0.1, -0.05) is 34.8 Å². The van der Waals surface area contributed by atoms with Gasteiger partial charge in [0.05, 0.1) is 29.0 Å². The minimum atomic E-state index is -1.11. The molecule has 0 amide bonds. The predicted octanol–water partition coefficient (Wildman–Crippen LogP) is 3.60. The molecular formula is C13H9Cl3N2O3. The molecule has 0 bridgehead atoms. The summed E-state index contributed by atoms with van der Waals surface area (Å²) in [6.45, 7) is 0.695. The van der Waals surface area contributed by atoms with Crippen LogP contribution in [0.1, 0.15) is 21.7 Å². The van der Waals surface area contributed by atoms with E-state index in [1.54, 1.807) is 0 Å². The maximum atomic E-state index is 11.3. The van der Waals surface area contributed by atoms with Gasteiger partial charge in [0.25, 0.3) is 0 Å². The third-order valence-corrected chi connectivity index (χ3v) is 4.01. The van der Waals surface area contributed by atoms with E-state index in [0.717, 1.165) is 5.69 Å². The molecule has 1 aliphatic rings. The van der Waals surface area contributed by atoms with Gasteiger partial charge >= 0.3 is 5.97 Å². The number of carbonyl (C=O) groups is 1. The van der Waals surface area contributed by atoms with E-state index in [0.29, 0.717) is 39.3 Å². The molecule has 0 spiro atoms. The van der Waals surface area contributed by atoms with Crippen LogP contribution in [0.2, 0.25) is 15.1 Å². The maximum Gasteiger partial charge on any atom is 0.356 e. The Morgan fingerprint density at radius 3 is 2.57 bits per heavy atom. The third kappa shape index (κ3) is 2.51. The highest BCUT2D eigenvalue weighted by molar-refractivity contribution is 6.40. The quantitative estimate of drug-likeness (QED) is 0.901. The summed E-state index contributed by atoms with van der Waals surface area (Å²) in [7, 11) is 0. The van der Waals surface area contributed by atoms with Crippen molar-refractivity contribution in [2.24, 2.45) is 0 Å². The molecule has 0 saturated carbocycles. The minimum Gasteiger partial charge on any atom is -0.476 e. The van der Waals surface area contributed by atoms with Crippen molar-refractivity contribution in [3.63, 3.8) is 0 Å². The van der Waals surface area contributed by atoms with Crippen LogP contribution in [-0.4, -0.2) is 27.5 Å². The molecule has 1 N–H and O–H groups in total. The number of aromatic nitrogens is 2. The van der Waals surface area contributed by atoms with Crippen LogP contribution >= 0.6 is 34.8 Å². The van der Waals surface area contributed by atoms with Crippen LogP contribution in [0.5, 0.6) is 0 Å². The van der Waals surface area contributed by atoms with Crippen LogP contribution in [0.15, 0.2) is 12.1 Å². The van der Waals surface area contributed by atoms with Crippen molar-refractivity contribution < 1.29 is 14.6 Å². The van der Waals surface area contributed by atoms with Crippen molar-refractivity contribution in [2.75, 3.05) is 6.61 Å². The van der Waals surface area contributed by atoms with Crippen LogP contribution in [-0.2, 0) is 17.8 Å². The van der Waals surface area contributed by atoms with Crippen molar-refractivity contribution in [3.8, 4) is 5.69 Å². The average Bonchev–Trinajstić information content (AvgIpc) is 2.78. The van der Waals surface area contributed by atoms with Crippen LogP contribution in [0.4, 0.5) is 0 Å². The number of carboxylic acids is 1. The maximum absolute atomic E-state index is 11.3. The number of hydrogen-bond acceptors (Lipinski definition) is 3. The first-order chi connectivity index (χ1) is 9.99. The molecule has 110 valence electrons. The highest BCUT2D eigenvalue weighted by Gasteiger charge is 2.27. The van der Waals surface area contributed by atoms with Gasteiger partial charge in [-0.3, -0.25) is 0 Å². The second kappa shape index (κ2) is 5.50. The first-order valence-corrected chi connectivity index (χ1v) is 7.19. The molecule has 1 aromatic heterocycles. The molecule has 2 heterocycles. The summed E-state index contributed by atoms with van der Waals surface area (Å²) in [6, 6.07) is 3.08. The van der Waals surface area contributed by atoms with Crippen LogP contribution in [0, 0.1) is 0 Å². The summed E-state index contributed by atoms with van der Waals surface area (Å²) in [5, 5.41) is 14.4. The number of rotatable bonds is 2. The van der Waals surface area contributed by atoms with Gasteiger partial charge in [-0.05, 0) is 12.1 Å². The van der Waals surface area contributed by atoms with Crippen molar-refractivity contribution in [1.29, 1.82) is 0 Å². The smallest absolute Gasteiger partial charge is 0.356 e. The zero-order valence-corrected chi connectivity index (χ0v) is 12.8. The van der Waals surface area contributed by atoms with Crippen LogP contribution < -0.4 is 0 Å². The standard InChI is InChI=1S/C13H9Cl3N2O3/c14-6-3-8(15)12(9(16)4-6)18-10-1-2-21-5-7(10)11(17-18)13(19)20/h3-4H,1-2,5H2,(H,19,20). The van der Waals surface area contributed by atoms with Crippen molar-refractivity contribution >= 4 is 40.8 Å². The van der Waals surface area contributed by atoms with Gasteiger partial charge in [-0.25, -0.2) is 9.48 Å². The number of hydrogen-bond donors (Lipinski definition) is 1. The zero-order valence-electron chi connectivity index (χ0n) is 10.6. The molecule has 21 heavy (non-hydrogen) atoms. The Kier molecular flexibility index (Phi) is 3.84. The number of aromatic carboxylic acids is 1. The Hall–Kier alpha value is -1.27. The third-order valence-electron chi connectivity index (χ3n) is 3.22. The summed E-state index contributed by atoms with van der Waals surface area (Å²) < 4.78 is 6.79. The Labute approximate surface area is 135 Å². The van der Waals surface area contributed by atoms with Crippen molar-refractivity contribution in [1.82, 2.24) is 9.78 Å². The Morgan fingerprint density at radius 2 is 1.95 bits per heavy atom. The number of benzene rings is 1. The number of halogens is 3. The van der Waals surface area contributed by atoms with Crippen LogP contribution in [0.3, 0.4) is 0 Å². The Morgan fingerprint density at radius 1 is 1.29 bits per heavy atom. The lowest BCUT2D eigenvalue weighted by atomic mass is 10.1. The van der Waals surface area contributed by atoms with E-state index in [-0.39, 0.29) is 12.3 Å². The van der Waals surface area contributed by atoms with E-state index in [2.05, 4.69) is 5.10 Å². The van der Waals surface area contributed by atoms with E-state index in [1.165, 1.54) is 16.8 Å². The first-order valence-electron chi connectivity index (χ1n) is 6.05. The predicted molar refractivity (Wildman–Crippen MR) is 78.9 cm³/mol. The normalized spacial score (nSPS) is 14.0. The van der Waals surface area contributed by atoms with E-state index in [1.807, 2.05) is 0 Å². The van der Waals surface area contributed by atoms with Gasteiger partial charge in [0.15, 0.2) is 5.69 Å². The summed E-state index contributed by atoms with van der Waals surface area (Å²) in [5.41, 5.74) is 1.67. The summed E-state index contributed by atoms with van der Waals surface area (Å²) >= 11 is 18.3. The van der Waals surface area contributed by atoms with E-state index in [4.69, 9.17) is 39.5 Å². The molecule has 1 aromatic carbocycles. The molecule has 0 unspecified atom stereocenters. The lowest BCUT2D eigenvalue weighted by Crippen LogP contribution is -2.14. The monoisotopic (exact) mass is 346 g/mol. The Bertz CT molecular complexity index is 719. The first kappa shape index (κ1) is 14.7. The molecule has 8 heteroatoms. The van der Waals surface area contributed by atoms with E-state index in [9.17, 15) is 9.90 Å². The van der Waals surface area contributed by atoms with Gasteiger partial charge in [0, 0.05) is 17.0 Å². The molecular weight excluding hydrogens is 339 g/mol. The van der Waals surface area contributed by atoms with Crippen molar-refractivity contribution in [3.05, 3.63) is 44.2 Å². The molecule has 0 atom stereocenters. The minimum absolute atomic E-state index is 0.0493. The van der Waals surface area contributed by atoms with Crippen LogP contribution in [0.25, 0.3) is 5.69 Å². The Balaban J connectivity index is 2.26. The number of carboxylic acid groups (broad SMARTS) is 1. The zero-order chi connectivity index (χ0) is 15.1. The van der Waals surface area contributed by atoms with Gasteiger partial charge in [0.1, 0.15) is 5.69 Å². The number of ether oxygens (including phenoxy) is 1. The molecule has 5 nitrogen and oxygen atoms in total. The number of fused-ring (bicyclic) bond motifs is 1. The largest absolute Gasteiger partial charge is 0.476 e. The summed E-state index contributed by atoms with van der Waals surface area (Å²) in [5.74, 6) is -1.11. The van der Waals surface area contributed by atoms with Gasteiger partial charge < -0.3 is 9.84 Å². The topological polar surface area (TPSA) is 64.3 Å². The fourth-order valence-electron chi connectivity index (χ4n) is 2.33. The van der Waals surface area contributed by atoms with Gasteiger partial charge in [-0.15, -0.1) is 0 Å². The fourth-order valence-corrected chi connectivity index (χ4v) is 3.31. The molecule has 0 saturated heterocycles. The average molecular weight is 348 g/mol. The van der Waals surface area contributed by atoms with E-state index >= 15 is 0 Å². The molecule has 3 rings (SSSR count).